The van der Waals surface area contributed by atoms with E-state index in [2.05, 4.69) is 0 Å². The van der Waals surface area contributed by atoms with E-state index in [-0.39, 0.29) is 29.1 Å². The SMILES string of the molecule is CC(=O)CC(O)(c1ccccc1)c1c(O)c2ccccc2oc1=O. The van der Waals surface area contributed by atoms with Gasteiger partial charge in [-0.2, -0.15) is 0 Å². The lowest BCUT2D eigenvalue weighted by Crippen LogP contribution is -2.35. The summed E-state index contributed by atoms with van der Waals surface area (Å²) in [6.45, 7) is 1.31. The minimum atomic E-state index is -1.97. The van der Waals surface area contributed by atoms with Crippen molar-refractivity contribution in [3.05, 3.63) is 76.1 Å². The Hall–Kier alpha value is -2.92. The first-order valence-corrected chi connectivity index (χ1v) is 7.46. The molecule has 0 spiro atoms. The number of ketones is 1. The van der Waals surface area contributed by atoms with Gasteiger partial charge in [0.05, 0.1) is 5.39 Å². The smallest absolute Gasteiger partial charge is 0.346 e. The number of carbonyl (C=O) groups excluding carboxylic acids is 1. The van der Waals surface area contributed by atoms with Crippen molar-refractivity contribution in [2.45, 2.75) is 18.9 Å². The largest absolute Gasteiger partial charge is 0.506 e. The molecule has 0 bridgehead atoms. The molecule has 1 aromatic heterocycles. The Bertz CT molecular complexity index is 958. The molecule has 2 N–H and O–H groups in total. The van der Waals surface area contributed by atoms with Gasteiger partial charge in [-0.3, -0.25) is 4.79 Å². The van der Waals surface area contributed by atoms with E-state index < -0.39 is 11.2 Å². The van der Waals surface area contributed by atoms with E-state index in [4.69, 9.17) is 4.42 Å². The molecule has 0 radical (unpaired) electrons. The summed E-state index contributed by atoms with van der Waals surface area (Å²) in [4.78, 5) is 24.2. The van der Waals surface area contributed by atoms with Gasteiger partial charge in [0.25, 0.3) is 0 Å². The molecule has 122 valence electrons. The predicted octanol–water partition coefficient (Wildman–Crippen LogP) is 2.71. The van der Waals surface area contributed by atoms with Crippen LogP contribution in [0.1, 0.15) is 24.5 Å². The first kappa shape index (κ1) is 16.0. The van der Waals surface area contributed by atoms with Gasteiger partial charge in [0, 0.05) is 6.42 Å². The molecule has 0 aliphatic rings. The highest BCUT2D eigenvalue weighted by molar-refractivity contribution is 5.85. The van der Waals surface area contributed by atoms with Crippen molar-refractivity contribution in [2.75, 3.05) is 0 Å². The summed E-state index contributed by atoms with van der Waals surface area (Å²) in [7, 11) is 0. The van der Waals surface area contributed by atoms with Crippen LogP contribution in [0.3, 0.4) is 0 Å². The minimum Gasteiger partial charge on any atom is -0.506 e. The van der Waals surface area contributed by atoms with Crippen LogP contribution in [-0.4, -0.2) is 16.0 Å². The Balaban J connectivity index is 2.36. The molecule has 0 aliphatic heterocycles. The average Bonchev–Trinajstić information content (AvgIpc) is 2.55. The van der Waals surface area contributed by atoms with Crippen LogP contribution in [0.4, 0.5) is 0 Å². The fourth-order valence-electron chi connectivity index (χ4n) is 2.91. The molecule has 1 atom stereocenters. The molecule has 24 heavy (non-hydrogen) atoms. The van der Waals surface area contributed by atoms with Crippen molar-refractivity contribution in [3.63, 3.8) is 0 Å². The maximum atomic E-state index is 12.5. The van der Waals surface area contributed by atoms with E-state index in [0.717, 1.165) is 0 Å². The molecule has 3 rings (SSSR count). The van der Waals surface area contributed by atoms with E-state index in [1.165, 1.54) is 6.92 Å². The molecule has 0 saturated heterocycles. The number of benzene rings is 2. The molecule has 0 aliphatic carbocycles. The normalized spacial score (nSPS) is 13.6. The van der Waals surface area contributed by atoms with Crippen LogP contribution in [0.2, 0.25) is 0 Å². The zero-order valence-electron chi connectivity index (χ0n) is 13.0. The Morgan fingerprint density at radius 1 is 1.08 bits per heavy atom. The number of aromatic hydroxyl groups is 1. The molecule has 0 amide bonds. The third-order valence-corrected chi connectivity index (χ3v) is 3.96. The van der Waals surface area contributed by atoms with Gasteiger partial charge in [-0.1, -0.05) is 42.5 Å². The first-order valence-electron chi connectivity index (χ1n) is 7.46. The summed E-state index contributed by atoms with van der Waals surface area (Å²) < 4.78 is 5.24. The van der Waals surface area contributed by atoms with Gasteiger partial charge in [-0.05, 0) is 24.6 Å². The van der Waals surface area contributed by atoms with E-state index >= 15 is 0 Å². The molecular weight excluding hydrogens is 308 g/mol. The summed E-state index contributed by atoms with van der Waals surface area (Å²) in [5.41, 5.74) is -2.64. The second-order valence-corrected chi connectivity index (χ2v) is 5.71. The molecule has 1 heterocycles. The Kier molecular flexibility index (Phi) is 3.95. The van der Waals surface area contributed by atoms with Crippen LogP contribution in [0, 0.1) is 0 Å². The summed E-state index contributed by atoms with van der Waals surface area (Å²) >= 11 is 0. The predicted molar refractivity (Wildman–Crippen MR) is 88.9 cm³/mol. The Labute approximate surface area is 137 Å². The summed E-state index contributed by atoms with van der Waals surface area (Å²) in [5.74, 6) is -0.706. The standard InChI is InChI=1S/C19H16O5/c1-12(20)11-19(23,13-7-3-2-4-8-13)16-17(21)14-9-5-6-10-15(14)24-18(16)22/h2-10,21,23H,11H2,1H3. The van der Waals surface area contributed by atoms with Crippen molar-refractivity contribution in [1.29, 1.82) is 0 Å². The second-order valence-electron chi connectivity index (χ2n) is 5.71. The lowest BCUT2D eigenvalue weighted by atomic mass is 9.82. The van der Waals surface area contributed by atoms with Crippen LogP contribution in [-0.2, 0) is 10.4 Å². The van der Waals surface area contributed by atoms with Crippen molar-refractivity contribution in [2.24, 2.45) is 0 Å². The van der Waals surface area contributed by atoms with Crippen LogP contribution >= 0.6 is 0 Å². The highest BCUT2D eigenvalue weighted by Gasteiger charge is 2.39. The fourth-order valence-corrected chi connectivity index (χ4v) is 2.91. The monoisotopic (exact) mass is 324 g/mol. The third kappa shape index (κ3) is 2.59. The molecule has 3 aromatic rings. The maximum absolute atomic E-state index is 12.5. The maximum Gasteiger partial charge on any atom is 0.346 e. The van der Waals surface area contributed by atoms with Crippen molar-refractivity contribution in [1.82, 2.24) is 0 Å². The molecule has 2 aromatic carbocycles. The third-order valence-electron chi connectivity index (χ3n) is 3.96. The van der Waals surface area contributed by atoms with Gasteiger partial charge in [0.2, 0.25) is 0 Å². The van der Waals surface area contributed by atoms with Crippen molar-refractivity contribution < 1.29 is 19.4 Å². The quantitative estimate of drug-likeness (QED) is 0.721. The number of aliphatic hydroxyl groups is 1. The highest BCUT2D eigenvalue weighted by Crippen LogP contribution is 2.39. The molecule has 0 fully saturated rings. The van der Waals surface area contributed by atoms with Crippen molar-refractivity contribution >= 4 is 16.8 Å². The van der Waals surface area contributed by atoms with E-state index in [9.17, 15) is 19.8 Å². The highest BCUT2D eigenvalue weighted by atomic mass is 16.4. The zero-order valence-corrected chi connectivity index (χ0v) is 13.0. The summed E-state index contributed by atoms with van der Waals surface area (Å²) in [6.07, 6.45) is -0.353. The van der Waals surface area contributed by atoms with Crippen LogP contribution in [0.5, 0.6) is 5.75 Å². The number of Topliss-reactive ketones (excluding diaryl/α,β-unsaturated/α-hetero) is 1. The summed E-state index contributed by atoms with van der Waals surface area (Å²) in [6, 6.07) is 14.8. The van der Waals surface area contributed by atoms with E-state index in [1.807, 2.05) is 0 Å². The second kappa shape index (κ2) is 5.94. The number of carbonyl (C=O) groups is 1. The number of fused-ring (bicyclic) bond motifs is 1. The minimum absolute atomic E-state index is 0.210. The van der Waals surface area contributed by atoms with Gasteiger partial charge in [0.15, 0.2) is 0 Å². The van der Waals surface area contributed by atoms with Gasteiger partial charge >= 0.3 is 5.63 Å². The lowest BCUT2D eigenvalue weighted by molar-refractivity contribution is -0.120. The van der Waals surface area contributed by atoms with Crippen LogP contribution in [0.25, 0.3) is 11.0 Å². The van der Waals surface area contributed by atoms with Gasteiger partial charge in [-0.25, -0.2) is 4.79 Å². The molecule has 1 unspecified atom stereocenters. The molecule has 5 heteroatoms. The van der Waals surface area contributed by atoms with Crippen LogP contribution in [0.15, 0.2) is 63.8 Å². The molecular formula is C19H16O5. The first-order chi connectivity index (χ1) is 11.4. The van der Waals surface area contributed by atoms with Gasteiger partial charge in [-0.15, -0.1) is 0 Å². The Morgan fingerprint density at radius 2 is 1.71 bits per heavy atom. The van der Waals surface area contributed by atoms with E-state index in [0.29, 0.717) is 10.9 Å². The van der Waals surface area contributed by atoms with Gasteiger partial charge in [0.1, 0.15) is 28.3 Å². The molecule has 5 nitrogen and oxygen atoms in total. The Morgan fingerprint density at radius 3 is 2.38 bits per heavy atom. The number of para-hydroxylation sites is 1. The summed E-state index contributed by atoms with van der Waals surface area (Å²) in [5, 5.41) is 22.1. The number of hydrogen-bond acceptors (Lipinski definition) is 5. The topological polar surface area (TPSA) is 87.7 Å². The number of hydrogen-bond donors (Lipinski definition) is 2. The van der Waals surface area contributed by atoms with E-state index in [1.54, 1.807) is 54.6 Å². The number of rotatable bonds is 4. The zero-order chi connectivity index (χ0) is 17.3. The average molecular weight is 324 g/mol. The van der Waals surface area contributed by atoms with Crippen LogP contribution < -0.4 is 5.63 Å². The van der Waals surface area contributed by atoms with Gasteiger partial charge < -0.3 is 14.6 Å². The molecule has 0 saturated carbocycles. The lowest BCUT2D eigenvalue weighted by Gasteiger charge is -2.28. The fraction of sp³-hybridized carbons (Fsp3) is 0.158. The van der Waals surface area contributed by atoms with Crippen molar-refractivity contribution in [3.8, 4) is 5.75 Å².